The van der Waals surface area contributed by atoms with E-state index in [0.29, 0.717) is 18.9 Å². The van der Waals surface area contributed by atoms with Crippen LogP contribution in [0.2, 0.25) is 0 Å². The first kappa shape index (κ1) is 22.8. The molecule has 1 aliphatic heterocycles. The molecule has 1 aromatic rings. The number of hydrogen-bond donors (Lipinski definition) is 2. The number of halogens is 1. The van der Waals surface area contributed by atoms with E-state index in [-0.39, 0.29) is 24.0 Å². The zero-order chi connectivity index (χ0) is 17.9. The zero-order valence-corrected chi connectivity index (χ0v) is 18.3. The molecule has 0 spiro atoms. The van der Waals surface area contributed by atoms with Crippen LogP contribution in [-0.2, 0) is 4.74 Å². The van der Waals surface area contributed by atoms with Crippen LogP contribution in [0.5, 0.6) is 5.75 Å². The number of rotatable bonds is 8. The highest BCUT2D eigenvalue weighted by Crippen LogP contribution is 2.27. The topological polar surface area (TPSA) is 60.3 Å². The minimum atomic E-state index is 0. The number of piperazine rings is 1. The zero-order valence-electron chi connectivity index (χ0n) is 16.0. The maximum absolute atomic E-state index is 10.0. The number of nitrogens with one attached hydrogen (secondary N) is 1. The monoisotopic (exact) mass is 476 g/mol. The Hall–Kier alpha value is -1.22. The minimum Gasteiger partial charge on any atom is -0.506 e. The number of hydrogen-bond acceptors (Lipinski definition) is 4. The Morgan fingerprint density at radius 3 is 2.54 bits per heavy atom. The van der Waals surface area contributed by atoms with Crippen LogP contribution in [-0.4, -0.2) is 68.4 Å². The summed E-state index contributed by atoms with van der Waals surface area (Å²) >= 11 is 0. The van der Waals surface area contributed by atoms with Crippen molar-refractivity contribution in [2.45, 2.75) is 26.7 Å². The number of anilines is 1. The van der Waals surface area contributed by atoms with E-state index in [9.17, 15) is 5.11 Å². The first-order valence-corrected chi connectivity index (χ1v) is 9.40. The van der Waals surface area contributed by atoms with Gasteiger partial charge >= 0.3 is 0 Å². The summed E-state index contributed by atoms with van der Waals surface area (Å²) in [5.41, 5.74) is 0.911. The third-order valence-electron chi connectivity index (χ3n) is 4.28. The number of unbranched alkanes of at least 4 members (excludes halogenated alkanes) is 1. The number of phenolic OH excluding ortho intramolecular Hbond substituents is 1. The maximum Gasteiger partial charge on any atom is 0.194 e. The van der Waals surface area contributed by atoms with Crippen LogP contribution >= 0.6 is 24.0 Å². The Morgan fingerprint density at radius 2 is 1.88 bits per heavy atom. The largest absolute Gasteiger partial charge is 0.506 e. The molecule has 0 unspecified atom stereocenters. The molecule has 0 aliphatic carbocycles. The van der Waals surface area contributed by atoms with Crippen molar-refractivity contribution in [1.29, 1.82) is 0 Å². The van der Waals surface area contributed by atoms with Gasteiger partial charge in [-0.15, -0.1) is 24.0 Å². The summed E-state index contributed by atoms with van der Waals surface area (Å²) in [5.74, 6) is 1.30. The summed E-state index contributed by atoms with van der Waals surface area (Å²) in [4.78, 5) is 9.20. The highest BCUT2D eigenvalue weighted by atomic mass is 127. The number of aromatic hydroxyl groups is 1. The number of aliphatic imine (C=N–C) groups is 1. The van der Waals surface area contributed by atoms with Crippen LogP contribution in [0, 0.1) is 0 Å². The van der Waals surface area contributed by atoms with Gasteiger partial charge in [-0.3, -0.25) is 4.99 Å². The Morgan fingerprint density at radius 1 is 1.15 bits per heavy atom. The van der Waals surface area contributed by atoms with Crippen molar-refractivity contribution in [2.24, 2.45) is 4.99 Å². The standard InChI is InChI=1S/C19H32N4O2.HI/c1-3-5-15-25-16-10-21-19(20-4-2)23-13-11-22(12-14-23)17-8-6-7-9-18(17)24;/h6-9,24H,3-5,10-16H2,1-2H3,(H,20,21);1H. The molecule has 26 heavy (non-hydrogen) atoms. The molecule has 0 saturated carbocycles. The van der Waals surface area contributed by atoms with Crippen LogP contribution in [0.4, 0.5) is 5.69 Å². The van der Waals surface area contributed by atoms with Crippen molar-refractivity contribution in [3.8, 4) is 5.75 Å². The van der Waals surface area contributed by atoms with Crippen molar-refractivity contribution in [3.63, 3.8) is 0 Å². The normalized spacial score (nSPS) is 14.9. The van der Waals surface area contributed by atoms with Gasteiger partial charge in [0.15, 0.2) is 5.96 Å². The van der Waals surface area contributed by atoms with Gasteiger partial charge in [0.05, 0.1) is 18.8 Å². The SMILES string of the molecule is CCCCOCCN=C(NCC)N1CCN(c2ccccc2O)CC1.I. The summed E-state index contributed by atoms with van der Waals surface area (Å²) in [5, 5.41) is 13.4. The number of para-hydroxylation sites is 2. The molecule has 1 heterocycles. The molecule has 0 bridgehead atoms. The van der Waals surface area contributed by atoms with Crippen molar-refractivity contribution in [1.82, 2.24) is 10.2 Å². The molecule has 148 valence electrons. The lowest BCUT2D eigenvalue weighted by molar-refractivity contribution is 0.138. The number of phenols is 1. The lowest BCUT2D eigenvalue weighted by atomic mass is 10.2. The first-order valence-electron chi connectivity index (χ1n) is 9.40. The number of nitrogens with zero attached hydrogens (tertiary/aromatic N) is 3. The van der Waals surface area contributed by atoms with E-state index in [4.69, 9.17) is 4.74 Å². The molecule has 1 saturated heterocycles. The summed E-state index contributed by atoms with van der Waals surface area (Å²) in [6.07, 6.45) is 2.27. The van der Waals surface area contributed by atoms with Gasteiger partial charge in [0.2, 0.25) is 0 Å². The van der Waals surface area contributed by atoms with Crippen LogP contribution in [0.3, 0.4) is 0 Å². The summed E-state index contributed by atoms with van der Waals surface area (Å²) in [6, 6.07) is 7.53. The van der Waals surface area contributed by atoms with E-state index in [2.05, 4.69) is 34.0 Å². The number of ether oxygens (including phenoxy) is 1. The van der Waals surface area contributed by atoms with Crippen molar-refractivity contribution in [2.75, 3.05) is 57.4 Å². The predicted molar refractivity (Wildman–Crippen MR) is 119 cm³/mol. The van der Waals surface area contributed by atoms with Gasteiger partial charge in [-0.1, -0.05) is 25.5 Å². The second-order valence-electron chi connectivity index (χ2n) is 6.16. The molecule has 0 radical (unpaired) electrons. The second-order valence-corrected chi connectivity index (χ2v) is 6.16. The van der Waals surface area contributed by atoms with Crippen LogP contribution in [0.25, 0.3) is 0 Å². The number of guanidine groups is 1. The Bertz CT molecular complexity index is 534. The average molecular weight is 476 g/mol. The average Bonchev–Trinajstić information content (AvgIpc) is 2.64. The first-order chi connectivity index (χ1) is 12.3. The molecule has 1 aliphatic rings. The molecule has 0 atom stereocenters. The minimum absolute atomic E-state index is 0. The third kappa shape index (κ3) is 7.19. The van der Waals surface area contributed by atoms with Crippen molar-refractivity contribution < 1.29 is 9.84 Å². The second kappa shape index (κ2) is 13.0. The van der Waals surface area contributed by atoms with Gasteiger partial charge in [0, 0.05) is 39.3 Å². The Balaban J connectivity index is 0.00000338. The molecule has 7 heteroatoms. The molecule has 0 amide bonds. The van der Waals surface area contributed by atoms with Crippen LogP contribution in [0.15, 0.2) is 29.3 Å². The van der Waals surface area contributed by atoms with Gasteiger partial charge in [-0.25, -0.2) is 0 Å². The smallest absolute Gasteiger partial charge is 0.194 e. The summed E-state index contributed by atoms with van der Waals surface area (Å²) < 4.78 is 5.59. The van der Waals surface area contributed by atoms with Gasteiger partial charge in [-0.2, -0.15) is 0 Å². The summed E-state index contributed by atoms with van der Waals surface area (Å²) in [7, 11) is 0. The molecule has 2 rings (SSSR count). The quantitative estimate of drug-likeness (QED) is 0.262. The molecule has 2 N–H and O–H groups in total. The molecule has 0 aromatic heterocycles. The van der Waals surface area contributed by atoms with Gasteiger partial charge in [0.1, 0.15) is 5.75 Å². The van der Waals surface area contributed by atoms with E-state index < -0.39 is 0 Å². The van der Waals surface area contributed by atoms with E-state index in [0.717, 1.165) is 63.8 Å². The Labute approximate surface area is 174 Å². The fourth-order valence-electron chi connectivity index (χ4n) is 2.88. The lowest BCUT2D eigenvalue weighted by Gasteiger charge is -2.37. The fraction of sp³-hybridized carbons (Fsp3) is 0.632. The van der Waals surface area contributed by atoms with Crippen LogP contribution < -0.4 is 10.2 Å². The highest BCUT2D eigenvalue weighted by molar-refractivity contribution is 14.0. The lowest BCUT2D eigenvalue weighted by Crippen LogP contribution is -2.52. The molecular formula is C19H33IN4O2. The van der Waals surface area contributed by atoms with E-state index in [1.165, 1.54) is 0 Å². The van der Waals surface area contributed by atoms with Crippen molar-refractivity contribution >= 4 is 35.6 Å². The summed E-state index contributed by atoms with van der Waals surface area (Å²) in [6.45, 7) is 10.8. The fourth-order valence-corrected chi connectivity index (χ4v) is 2.88. The molecule has 6 nitrogen and oxygen atoms in total. The van der Waals surface area contributed by atoms with E-state index >= 15 is 0 Å². The van der Waals surface area contributed by atoms with Crippen molar-refractivity contribution in [3.05, 3.63) is 24.3 Å². The van der Waals surface area contributed by atoms with Gasteiger partial charge in [-0.05, 0) is 25.5 Å². The highest BCUT2D eigenvalue weighted by Gasteiger charge is 2.21. The molecule has 1 aromatic carbocycles. The predicted octanol–water partition coefficient (Wildman–Crippen LogP) is 2.91. The van der Waals surface area contributed by atoms with Crippen LogP contribution in [0.1, 0.15) is 26.7 Å². The van der Waals surface area contributed by atoms with Gasteiger partial charge < -0.3 is 25.0 Å². The maximum atomic E-state index is 10.0. The Kier molecular flexibility index (Phi) is 11.4. The van der Waals surface area contributed by atoms with Gasteiger partial charge in [0.25, 0.3) is 0 Å². The van der Waals surface area contributed by atoms with E-state index in [1.54, 1.807) is 6.07 Å². The molecular weight excluding hydrogens is 443 g/mol. The molecule has 1 fully saturated rings. The number of benzene rings is 1. The van der Waals surface area contributed by atoms with E-state index in [1.807, 2.05) is 18.2 Å². The third-order valence-corrected chi connectivity index (χ3v) is 4.28.